The summed E-state index contributed by atoms with van der Waals surface area (Å²) in [6.07, 6.45) is 1.66. The van der Waals surface area contributed by atoms with Crippen molar-refractivity contribution >= 4 is 40.1 Å². The van der Waals surface area contributed by atoms with Gasteiger partial charge in [-0.15, -0.1) is 0 Å². The van der Waals surface area contributed by atoms with Gasteiger partial charge in [-0.3, -0.25) is 9.59 Å². The van der Waals surface area contributed by atoms with E-state index < -0.39 is 5.91 Å². The summed E-state index contributed by atoms with van der Waals surface area (Å²) in [5.74, 6) is -0.730. The lowest BCUT2D eigenvalue weighted by Crippen LogP contribution is -2.14. The Kier molecular flexibility index (Phi) is 4.84. The van der Waals surface area contributed by atoms with E-state index in [0.717, 1.165) is 14.8 Å². The van der Waals surface area contributed by atoms with Gasteiger partial charge < -0.3 is 11.1 Å². The smallest absolute Gasteiger partial charge is 0.269 e. The molecule has 25 heavy (non-hydrogen) atoms. The van der Waals surface area contributed by atoms with Crippen LogP contribution in [-0.2, 0) is 0 Å². The Morgan fingerprint density at radius 2 is 1.84 bits per heavy atom. The van der Waals surface area contributed by atoms with Crippen LogP contribution in [0.5, 0.6) is 0 Å². The van der Waals surface area contributed by atoms with E-state index in [4.69, 9.17) is 5.73 Å². The minimum absolute atomic E-state index is 0.157. The van der Waals surface area contributed by atoms with Crippen molar-refractivity contribution < 1.29 is 9.59 Å². The number of aromatic nitrogens is 2. The molecule has 0 saturated carbocycles. The molecule has 2 amide bonds. The van der Waals surface area contributed by atoms with Crippen LogP contribution in [0.1, 0.15) is 26.4 Å². The quantitative estimate of drug-likeness (QED) is 0.604. The lowest BCUT2D eigenvalue weighted by atomic mass is 10.1. The van der Waals surface area contributed by atoms with E-state index in [1.807, 2.05) is 19.1 Å². The number of carbonyl (C=O) groups is 2. The summed E-state index contributed by atoms with van der Waals surface area (Å²) >= 11 is 2.17. The fourth-order valence-electron chi connectivity index (χ4n) is 2.32. The van der Waals surface area contributed by atoms with Crippen molar-refractivity contribution in [3.05, 3.63) is 75.1 Å². The normalized spacial score (nSPS) is 10.5. The molecule has 6 nitrogen and oxygen atoms in total. The summed E-state index contributed by atoms with van der Waals surface area (Å²) in [5, 5.41) is 6.97. The van der Waals surface area contributed by atoms with Crippen LogP contribution < -0.4 is 11.1 Å². The van der Waals surface area contributed by atoms with Crippen molar-refractivity contribution in [1.82, 2.24) is 9.78 Å². The molecule has 7 heteroatoms. The average molecular weight is 446 g/mol. The van der Waals surface area contributed by atoms with Gasteiger partial charge in [0.05, 0.1) is 11.3 Å². The Hall–Kier alpha value is -2.68. The molecule has 3 aromatic rings. The van der Waals surface area contributed by atoms with Gasteiger partial charge in [-0.1, -0.05) is 12.1 Å². The standard InChI is InChI=1S/C18H15IN4O2/c1-11-3-2-4-14(16(11)19)18(25)21-12-5-7-13(8-6-12)23-10-9-15(22-23)17(20)24/h2-10H,1H3,(H2,20,24)(H,21,25). The second-order valence-corrected chi connectivity index (χ2v) is 6.53. The maximum absolute atomic E-state index is 12.4. The lowest BCUT2D eigenvalue weighted by Gasteiger charge is -2.09. The summed E-state index contributed by atoms with van der Waals surface area (Å²) in [6, 6.07) is 14.3. The predicted molar refractivity (Wildman–Crippen MR) is 104 cm³/mol. The number of aryl methyl sites for hydroxylation is 1. The van der Waals surface area contributed by atoms with Gasteiger partial charge in [0, 0.05) is 15.5 Å². The molecule has 1 heterocycles. The predicted octanol–water partition coefficient (Wildman–Crippen LogP) is 3.14. The number of nitrogens with one attached hydrogen (secondary N) is 1. The molecule has 0 atom stereocenters. The molecule has 0 saturated heterocycles. The van der Waals surface area contributed by atoms with Crippen LogP contribution in [-0.4, -0.2) is 21.6 Å². The third-order valence-corrected chi connectivity index (χ3v) is 5.10. The van der Waals surface area contributed by atoms with Crippen molar-refractivity contribution in [3.8, 4) is 5.69 Å². The number of carbonyl (C=O) groups excluding carboxylic acids is 2. The second kappa shape index (κ2) is 7.06. The van der Waals surface area contributed by atoms with E-state index in [1.54, 1.807) is 47.3 Å². The van der Waals surface area contributed by atoms with Crippen LogP contribution in [0.2, 0.25) is 0 Å². The molecular weight excluding hydrogens is 431 g/mol. The number of nitrogens with two attached hydrogens (primary N) is 1. The van der Waals surface area contributed by atoms with E-state index in [9.17, 15) is 9.59 Å². The zero-order valence-corrected chi connectivity index (χ0v) is 15.5. The maximum Gasteiger partial charge on any atom is 0.269 e. The molecule has 0 aliphatic carbocycles. The molecule has 0 unspecified atom stereocenters. The van der Waals surface area contributed by atoms with Crippen molar-refractivity contribution in [1.29, 1.82) is 0 Å². The highest BCUT2D eigenvalue weighted by Crippen LogP contribution is 2.19. The largest absolute Gasteiger partial charge is 0.364 e. The highest BCUT2D eigenvalue weighted by atomic mass is 127. The van der Waals surface area contributed by atoms with Gasteiger partial charge in [-0.05, 0) is 71.5 Å². The van der Waals surface area contributed by atoms with Crippen LogP contribution in [0.25, 0.3) is 5.69 Å². The number of amides is 2. The SMILES string of the molecule is Cc1cccc(C(=O)Nc2ccc(-n3ccc(C(N)=O)n3)cc2)c1I. The Morgan fingerprint density at radius 3 is 2.48 bits per heavy atom. The molecule has 1 aromatic heterocycles. The second-order valence-electron chi connectivity index (χ2n) is 5.45. The highest BCUT2D eigenvalue weighted by Gasteiger charge is 2.12. The van der Waals surface area contributed by atoms with Crippen molar-refractivity contribution in [2.24, 2.45) is 5.73 Å². The fourth-order valence-corrected chi connectivity index (χ4v) is 2.92. The van der Waals surface area contributed by atoms with Crippen LogP contribution in [0, 0.1) is 10.5 Å². The average Bonchev–Trinajstić information content (AvgIpc) is 3.08. The fraction of sp³-hybridized carbons (Fsp3) is 0.0556. The number of benzene rings is 2. The van der Waals surface area contributed by atoms with Crippen LogP contribution in [0.4, 0.5) is 5.69 Å². The van der Waals surface area contributed by atoms with Crippen molar-refractivity contribution in [2.75, 3.05) is 5.32 Å². The number of halogens is 1. The number of rotatable bonds is 4. The topological polar surface area (TPSA) is 90.0 Å². The van der Waals surface area contributed by atoms with Crippen LogP contribution >= 0.6 is 22.6 Å². The summed E-state index contributed by atoms with van der Waals surface area (Å²) in [7, 11) is 0. The monoisotopic (exact) mass is 446 g/mol. The summed E-state index contributed by atoms with van der Waals surface area (Å²) < 4.78 is 2.49. The number of hydrogen-bond acceptors (Lipinski definition) is 3. The molecule has 126 valence electrons. The molecule has 0 spiro atoms. The van der Waals surface area contributed by atoms with E-state index in [0.29, 0.717) is 11.3 Å². The highest BCUT2D eigenvalue weighted by molar-refractivity contribution is 14.1. The Morgan fingerprint density at radius 1 is 1.12 bits per heavy atom. The Balaban J connectivity index is 1.77. The van der Waals surface area contributed by atoms with E-state index in [2.05, 4.69) is 33.0 Å². The number of primary amides is 1. The van der Waals surface area contributed by atoms with Crippen LogP contribution in [0.15, 0.2) is 54.7 Å². The minimum Gasteiger partial charge on any atom is -0.364 e. The molecule has 0 radical (unpaired) electrons. The van der Waals surface area contributed by atoms with Gasteiger partial charge in [0.15, 0.2) is 0 Å². The molecule has 0 bridgehead atoms. The lowest BCUT2D eigenvalue weighted by molar-refractivity contribution is 0.0993. The number of nitrogens with zero attached hydrogens (tertiary/aromatic N) is 2. The summed E-state index contributed by atoms with van der Waals surface area (Å²) in [4.78, 5) is 23.5. The number of anilines is 1. The molecular formula is C18H15IN4O2. The minimum atomic E-state index is -0.574. The molecule has 0 aliphatic heterocycles. The first-order valence-electron chi connectivity index (χ1n) is 7.48. The first-order valence-corrected chi connectivity index (χ1v) is 8.56. The van der Waals surface area contributed by atoms with Gasteiger partial charge in [-0.2, -0.15) is 5.10 Å². The van der Waals surface area contributed by atoms with Crippen molar-refractivity contribution in [3.63, 3.8) is 0 Å². The van der Waals surface area contributed by atoms with E-state index >= 15 is 0 Å². The zero-order valence-electron chi connectivity index (χ0n) is 13.4. The third-order valence-electron chi connectivity index (χ3n) is 3.67. The van der Waals surface area contributed by atoms with Gasteiger partial charge in [-0.25, -0.2) is 4.68 Å². The van der Waals surface area contributed by atoms with E-state index in [1.165, 1.54) is 0 Å². The number of hydrogen-bond donors (Lipinski definition) is 2. The third kappa shape index (κ3) is 3.71. The van der Waals surface area contributed by atoms with E-state index in [-0.39, 0.29) is 11.6 Å². The zero-order chi connectivity index (χ0) is 18.0. The Bertz CT molecular complexity index is 948. The summed E-state index contributed by atoms with van der Waals surface area (Å²) in [5.41, 5.74) is 8.54. The van der Waals surface area contributed by atoms with Gasteiger partial charge in [0.1, 0.15) is 5.69 Å². The maximum atomic E-state index is 12.4. The molecule has 0 aliphatic rings. The Labute approximate surface area is 158 Å². The summed E-state index contributed by atoms with van der Waals surface area (Å²) in [6.45, 7) is 1.97. The van der Waals surface area contributed by atoms with Crippen molar-refractivity contribution in [2.45, 2.75) is 6.92 Å². The van der Waals surface area contributed by atoms with Gasteiger partial charge in [0.2, 0.25) is 0 Å². The molecule has 3 N–H and O–H groups in total. The van der Waals surface area contributed by atoms with Gasteiger partial charge in [0.25, 0.3) is 11.8 Å². The molecule has 0 fully saturated rings. The first-order chi connectivity index (χ1) is 12.0. The van der Waals surface area contributed by atoms with Crippen LogP contribution in [0.3, 0.4) is 0 Å². The molecule has 3 rings (SSSR count). The molecule has 2 aromatic carbocycles. The first kappa shape index (κ1) is 17.2. The van der Waals surface area contributed by atoms with Gasteiger partial charge >= 0.3 is 0 Å².